The zero-order valence-electron chi connectivity index (χ0n) is 19.1. The molecular formula is C26H36O4S. The van der Waals surface area contributed by atoms with Crippen LogP contribution in [-0.4, -0.2) is 20.3 Å². The smallest absolute Gasteiger partial charge is 0.297 e. The maximum atomic E-state index is 12.8. The molecule has 5 rings (SSSR count). The van der Waals surface area contributed by atoms with Crippen molar-refractivity contribution in [2.45, 2.75) is 89.6 Å². The third-order valence-corrected chi connectivity index (χ3v) is 11.3. The lowest BCUT2D eigenvalue weighted by molar-refractivity contribution is -0.141. The number of fused-ring (bicyclic) bond motifs is 5. The first-order valence-corrected chi connectivity index (χ1v) is 13.6. The predicted octanol–water partition coefficient (Wildman–Crippen LogP) is 5.68. The van der Waals surface area contributed by atoms with Crippen LogP contribution >= 0.6 is 0 Å². The molecule has 4 aliphatic carbocycles. The fourth-order valence-corrected chi connectivity index (χ4v) is 9.13. The number of rotatable bonds is 3. The molecule has 31 heavy (non-hydrogen) atoms. The zero-order valence-corrected chi connectivity index (χ0v) is 19.9. The van der Waals surface area contributed by atoms with Crippen molar-refractivity contribution < 1.29 is 17.4 Å². The summed E-state index contributed by atoms with van der Waals surface area (Å²) in [4.78, 5) is 12.9. The third-order valence-electron chi connectivity index (χ3n) is 9.90. The number of hydrogen-bond donors (Lipinski definition) is 0. The minimum Gasteiger partial charge on any atom is -0.299 e. The van der Waals surface area contributed by atoms with Gasteiger partial charge in [0.2, 0.25) is 0 Å². The van der Waals surface area contributed by atoms with E-state index < -0.39 is 10.1 Å². The van der Waals surface area contributed by atoms with E-state index in [1.807, 2.05) is 19.1 Å². The molecule has 1 aromatic rings. The van der Waals surface area contributed by atoms with E-state index in [1.54, 1.807) is 12.1 Å². The molecule has 4 nitrogen and oxygen atoms in total. The van der Waals surface area contributed by atoms with E-state index in [1.165, 1.54) is 6.42 Å². The second kappa shape index (κ2) is 7.41. The lowest BCUT2D eigenvalue weighted by atomic mass is 9.45. The van der Waals surface area contributed by atoms with Crippen molar-refractivity contribution in [3.63, 3.8) is 0 Å². The number of carbonyl (C=O) groups is 1. The summed E-state index contributed by atoms with van der Waals surface area (Å²) in [5, 5.41) is 0. The Morgan fingerprint density at radius 3 is 2.42 bits per heavy atom. The first-order valence-electron chi connectivity index (χ1n) is 12.2. The molecule has 4 aliphatic rings. The standard InChI is InChI=1S/C26H36O4S/c1-17-4-7-20(8-5-17)31(28,29)30-19-12-14-25(2)18(16-19)6-9-21-22-10-11-24(27)26(22,3)15-13-23(21)25/h4-5,7-8,18-19,21-23H,6,9-16H2,1-3H3/t18-,19-,21+,22+,23+,25+,26+/m1/s1. The van der Waals surface area contributed by atoms with E-state index in [2.05, 4.69) is 13.8 Å². The molecule has 0 heterocycles. The molecule has 0 amide bonds. The zero-order chi connectivity index (χ0) is 22.0. The van der Waals surface area contributed by atoms with Crippen LogP contribution < -0.4 is 0 Å². The SMILES string of the molecule is Cc1ccc(S(=O)(=O)O[C@@H]2CC[C@@]3(C)[C@H](CC[C@@H]4[C@@H]3CC[C@]3(C)C(=O)CC[C@@H]43)C2)cc1. The first kappa shape index (κ1) is 21.6. The van der Waals surface area contributed by atoms with Gasteiger partial charge in [-0.3, -0.25) is 8.98 Å². The highest BCUT2D eigenvalue weighted by molar-refractivity contribution is 7.86. The maximum absolute atomic E-state index is 12.8. The van der Waals surface area contributed by atoms with Crippen molar-refractivity contribution >= 4 is 15.9 Å². The Balaban J connectivity index is 1.30. The van der Waals surface area contributed by atoms with Crippen LogP contribution in [0.4, 0.5) is 0 Å². The van der Waals surface area contributed by atoms with E-state index in [0.29, 0.717) is 29.5 Å². The molecule has 0 radical (unpaired) electrons. The summed E-state index contributed by atoms with van der Waals surface area (Å²) in [6.07, 6.45) is 8.85. The molecule has 4 fully saturated rings. The van der Waals surface area contributed by atoms with Crippen LogP contribution in [0.1, 0.15) is 77.2 Å². The van der Waals surface area contributed by atoms with Crippen LogP contribution in [0.3, 0.4) is 0 Å². The maximum Gasteiger partial charge on any atom is 0.297 e. The number of ketones is 1. The van der Waals surface area contributed by atoms with Gasteiger partial charge >= 0.3 is 0 Å². The van der Waals surface area contributed by atoms with Gasteiger partial charge in [-0.25, -0.2) is 0 Å². The third kappa shape index (κ3) is 3.42. The van der Waals surface area contributed by atoms with Crippen molar-refractivity contribution in [2.75, 3.05) is 0 Å². The van der Waals surface area contributed by atoms with Crippen molar-refractivity contribution in [3.8, 4) is 0 Å². The summed E-state index contributed by atoms with van der Waals surface area (Å²) < 4.78 is 31.4. The van der Waals surface area contributed by atoms with Crippen LogP contribution in [0.5, 0.6) is 0 Å². The van der Waals surface area contributed by atoms with Crippen LogP contribution in [0.15, 0.2) is 29.2 Å². The van der Waals surface area contributed by atoms with E-state index in [-0.39, 0.29) is 21.8 Å². The van der Waals surface area contributed by atoms with Gasteiger partial charge in [-0.15, -0.1) is 0 Å². The Morgan fingerprint density at radius 2 is 1.68 bits per heavy atom. The molecule has 0 N–H and O–H groups in total. The fourth-order valence-electron chi connectivity index (χ4n) is 8.02. The van der Waals surface area contributed by atoms with Crippen molar-refractivity contribution in [3.05, 3.63) is 29.8 Å². The summed E-state index contributed by atoms with van der Waals surface area (Å²) in [6.45, 7) is 6.64. The highest BCUT2D eigenvalue weighted by Gasteiger charge is 2.60. The lowest BCUT2D eigenvalue weighted by Crippen LogP contribution is -2.54. The summed E-state index contributed by atoms with van der Waals surface area (Å²) >= 11 is 0. The highest BCUT2D eigenvalue weighted by Crippen LogP contribution is 2.65. The first-order chi connectivity index (χ1) is 14.6. The summed E-state index contributed by atoms with van der Waals surface area (Å²) in [6, 6.07) is 6.93. The summed E-state index contributed by atoms with van der Waals surface area (Å²) in [5.41, 5.74) is 1.22. The van der Waals surface area contributed by atoms with Gasteiger partial charge in [-0.1, -0.05) is 31.5 Å². The molecule has 0 aliphatic heterocycles. The largest absolute Gasteiger partial charge is 0.299 e. The molecule has 0 saturated heterocycles. The van der Waals surface area contributed by atoms with Crippen LogP contribution in [0.2, 0.25) is 0 Å². The van der Waals surface area contributed by atoms with E-state index in [0.717, 1.165) is 56.9 Å². The number of carbonyl (C=O) groups excluding carboxylic acids is 1. The highest BCUT2D eigenvalue weighted by atomic mass is 32.2. The monoisotopic (exact) mass is 444 g/mol. The molecular weight excluding hydrogens is 408 g/mol. The van der Waals surface area contributed by atoms with Crippen molar-refractivity contribution in [2.24, 2.45) is 34.5 Å². The van der Waals surface area contributed by atoms with Crippen molar-refractivity contribution in [1.29, 1.82) is 0 Å². The number of Topliss-reactive ketones (excluding diaryl/α,β-unsaturated/α-hetero) is 1. The molecule has 170 valence electrons. The van der Waals surface area contributed by atoms with Gasteiger partial charge < -0.3 is 0 Å². The molecule has 0 unspecified atom stereocenters. The van der Waals surface area contributed by atoms with Gasteiger partial charge in [0.05, 0.1) is 11.0 Å². The van der Waals surface area contributed by atoms with Crippen LogP contribution in [0, 0.1) is 41.4 Å². The lowest BCUT2D eigenvalue weighted by Gasteiger charge is -2.60. The van der Waals surface area contributed by atoms with Gasteiger partial charge in [-0.05, 0) is 99.5 Å². The molecule has 0 spiro atoms. The normalized spacial score (nSPS) is 42.5. The number of aryl methyl sites for hydroxylation is 1. The molecule has 1 aromatic carbocycles. The van der Waals surface area contributed by atoms with E-state index in [4.69, 9.17) is 4.18 Å². The van der Waals surface area contributed by atoms with Gasteiger partial charge in [-0.2, -0.15) is 8.42 Å². The average molecular weight is 445 g/mol. The predicted molar refractivity (Wildman–Crippen MR) is 120 cm³/mol. The fraction of sp³-hybridized carbons (Fsp3) is 0.731. The van der Waals surface area contributed by atoms with Crippen LogP contribution in [0.25, 0.3) is 0 Å². The van der Waals surface area contributed by atoms with Gasteiger partial charge in [0.1, 0.15) is 5.78 Å². The molecule has 0 aromatic heterocycles. The molecule has 0 bridgehead atoms. The molecule has 5 heteroatoms. The Kier molecular flexibility index (Phi) is 5.17. The van der Waals surface area contributed by atoms with Gasteiger partial charge in [0.15, 0.2) is 0 Å². The number of hydrogen-bond acceptors (Lipinski definition) is 4. The Hall–Kier alpha value is -1.20. The molecule has 7 atom stereocenters. The Morgan fingerprint density at radius 1 is 0.935 bits per heavy atom. The van der Waals surface area contributed by atoms with E-state index >= 15 is 0 Å². The van der Waals surface area contributed by atoms with Crippen LogP contribution in [-0.2, 0) is 19.1 Å². The average Bonchev–Trinajstić information content (AvgIpc) is 3.03. The number of benzene rings is 1. The quantitative estimate of drug-likeness (QED) is 0.563. The molecule has 4 saturated carbocycles. The minimum absolute atomic E-state index is 0.0766. The van der Waals surface area contributed by atoms with Crippen molar-refractivity contribution in [1.82, 2.24) is 0 Å². The van der Waals surface area contributed by atoms with Gasteiger partial charge in [0.25, 0.3) is 10.1 Å². The topological polar surface area (TPSA) is 60.4 Å². The van der Waals surface area contributed by atoms with Gasteiger partial charge in [0, 0.05) is 11.8 Å². The summed E-state index contributed by atoms with van der Waals surface area (Å²) in [5.74, 6) is 2.92. The summed E-state index contributed by atoms with van der Waals surface area (Å²) in [7, 11) is -3.72. The second-order valence-corrected chi connectivity index (χ2v) is 12.9. The minimum atomic E-state index is -3.72. The Bertz CT molecular complexity index is 968. The Labute approximate surface area is 187 Å². The second-order valence-electron chi connectivity index (χ2n) is 11.3. The van der Waals surface area contributed by atoms with E-state index in [9.17, 15) is 13.2 Å².